The number of hydrogen-bond acceptors (Lipinski definition) is 5. The molecule has 0 aliphatic carbocycles. The van der Waals surface area contributed by atoms with Crippen LogP contribution in [0, 0.1) is 0 Å². The molecule has 9 heteroatoms. The molecule has 4 N–H and O–H groups in total. The van der Waals surface area contributed by atoms with Crippen LogP contribution in [0.25, 0.3) is 0 Å². The summed E-state index contributed by atoms with van der Waals surface area (Å²) in [5.74, 6) is 1.03. The zero-order valence-electron chi connectivity index (χ0n) is 16.9. The number of benzene rings is 1. The van der Waals surface area contributed by atoms with E-state index >= 15 is 0 Å². The SMILES string of the molecule is CCNC(CC)/C(Cl)=C(\N)NCCc1ccc(Oc2ccc(C(F)(F)F)cn2)cc1. The second-order valence-corrected chi connectivity index (χ2v) is 6.99. The van der Waals surface area contributed by atoms with Crippen LogP contribution in [0.5, 0.6) is 11.6 Å². The van der Waals surface area contributed by atoms with Crippen molar-refractivity contribution in [2.24, 2.45) is 5.73 Å². The quantitative estimate of drug-likeness (QED) is 0.494. The molecule has 0 saturated heterocycles. The second kappa shape index (κ2) is 11.1. The number of likely N-dealkylation sites (N-methyl/N-ethyl adjacent to an activating group) is 1. The fraction of sp³-hybridized carbons (Fsp3) is 0.381. The maximum Gasteiger partial charge on any atom is 0.417 e. The van der Waals surface area contributed by atoms with Gasteiger partial charge >= 0.3 is 6.18 Å². The van der Waals surface area contributed by atoms with Gasteiger partial charge in [0.25, 0.3) is 0 Å². The first-order chi connectivity index (χ1) is 14.2. The predicted molar refractivity (Wildman–Crippen MR) is 112 cm³/mol. The van der Waals surface area contributed by atoms with Gasteiger partial charge in [-0.2, -0.15) is 13.2 Å². The number of nitrogens with two attached hydrogens (primary N) is 1. The number of aromatic nitrogens is 1. The lowest BCUT2D eigenvalue weighted by Crippen LogP contribution is -2.33. The smallest absolute Gasteiger partial charge is 0.417 e. The Morgan fingerprint density at radius 1 is 1.17 bits per heavy atom. The number of halogens is 4. The van der Waals surface area contributed by atoms with Crippen molar-refractivity contribution in [1.82, 2.24) is 15.6 Å². The molecule has 0 spiro atoms. The maximum absolute atomic E-state index is 12.6. The molecule has 1 aromatic carbocycles. The molecule has 1 atom stereocenters. The van der Waals surface area contributed by atoms with Crippen LogP contribution in [0.15, 0.2) is 53.4 Å². The summed E-state index contributed by atoms with van der Waals surface area (Å²) in [5, 5.41) is 6.98. The number of nitrogens with zero attached hydrogens (tertiary/aromatic N) is 1. The molecule has 164 valence electrons. The van der Waals surface area contributed by atoms with E-state index < -0.39 is 11.7 Å². The summed E-state index contributed by atoms with van der Waals surface area (Å²) in [4.78, 5) is 3.69. The maximum atomic E-state index is 12.6. The summed E-state index contributed by atoms with van der Waals surface area (Å²) in [6.07, 6.45) is -2.13. The van der Waals surface area contributed by atoms with Crippen molar-refractivity contribution in [1.29, 1.82) is 0 Å². The summed E-state index contributed by atoms with van der Waals surface area (Å²) < 4.78 is 43.2. The van der Waals surface area contributed by atoms with E-state index in [0.717, 1.165) is 30.8 Å². The molecule has 1 unspecified atom stereocenters. The Morgan fingerprint density at radius 2 is 1.87 bits per heavy atom. The molecule has 0 saturated carbocycles. The van der Waals surface area contributed by atoms with E-state index in [1.807, 2.05) is 26.0 Å². The van der Waals surface area contributed by atoms with Crippen LogP contribution in [0.1, 0.15) is 31.4 Å². The van der Waals surface area contributed by atoms with Gasteiger partial charge in [-0.05, 0) is 43.1 Å². The summed E-state index contributed by atoms with van der Waals surface area (Å²) in [6, 6.07) is 9.37. The lowest BCUT2D eigenvalue weighted by Gasteiger charge is -2.18. The van der Waals surface area contributed by atoms with E-state index in [1.165, 1.54) is 6.07 Å². The standard InChI is InChI=1S/C21H26ClF3N4O/c1-3-17(27-4-2)19(22)20(26)28-12-11-14-5-8-16(9-6-14)30-18-10-7-15(13-29-18)21(23,24)25/h5-10,13,17,27-28H,3-4,11-12,26H2,1-2H3/b20-19-. The average molecular weight is 443 g/mol. The van der Waals surface area contributed by atoms with Crippen LogP contribution in [0.2, 0.25) is 0 Å². The van der Waals surface area contributed by atoms with Crippen LogP contribution in [0.3, 0.4) is 0 Å². The number of ether oxygens (including phenoxy) is 1. The van der Waals surface area contributed by atoms with Crippen LogP contribution in [-0.4, -0.2) is 24.1 Å². The average Bonchev–Trinajstić information content (AvgIpc) is 2.72. The minimum atomic E-state index is -4.42. The first-order valence-corrected chi connectivity index (χ1v) is 10.0. The van der Waals surface area contributed by atoms with Gasteiger partial charge in [-0.25, -0.2) is 4.98 Å². The van der Waals surface area contributed by atoms with Crippen LogP contribution in [0.4, 0.5) is 13.2 Å². The van der Waals surface area contributed by atoms with Gasteiger partial charge in [0.05, 0.1) is 10.6 Å². The topological polar surface area (TPSA) is 72.2 Å². The molecule has 2 rings (SSSR count). The van der Waals surface area contributed by atoms with Gasteiger partial charge in [0, 0.05) is 24.8 Å². The lowest BCUT2D eigenvalue weighted by atomic mass is 10.1. The van der Waals surface area contributed by atoms with Gasteiger partial charge < -0.3 is 21.1 Å². The van der Waals surface area contributed by atoms with E-state index in [0.29, 0.717) is 29.6 Å². The highest BCUT2D eigenvalue weighted by Gasteiger charge is 2.30. The van der Waals surface area contributed by atoms with Crippen molar-refractivity contribution < 1.29 is 17.9 Å². The molecule has 0 aliphatic heterocycles. The summed E-state index contributed by atoms with van der Waals surface area (Å²) >= 11 is 6.34. The van der Waals surface area contributed by atoms with E-state index in [4.69, 9.17) is 22.1 Å². The van der Waals surface area contributed by atoms with E-state index in [2.05, 4.69) is 15.6 Å². The van der Waals surface area contributed by atoms with Crippen molar-refractivity contribution in [3.8, 4) is 11.6 Å². The fourth-order valence-electron chi connectivity index (χ4n) is 2.73. The van der Waals surface area contributed by atoms with Gasteiger partial charge in [-0.3, -0.25) is 0 Å². The zero-order valence-corrected chi connectivity index (χ0v) is 17.6. The van der Waals surface area contributed by atoms with Crippen molar-refractivity contribution >= 4 is 11.6 Å². The van der Waals surface area contributed by atoms with Gasteiger partial charge in [0.2, 0.25) is 5.88 Å². The van der Waals surface area contributed by atoms with Crippen molar-refractivity contribution in [3.63, 3.8) is 0 Å². The number of rotatable bonds is 10. The molecule has 5 nitrogen and oxygen atoms in total. The third kappa shape index (κ3) is 7.11. The normalized spacial score (nSPS) is 13.5. The monoisotopic (exact) mass is 442 g/mol. The van der Waals surface area contributed by atoms with Gasteiger partial charge in [-0.15, -0.1) is 0 Å². The van der Waals surface area contributed by atoms with Crippen molar-refractivity contribution in [3.05, 3.63) is 64.6 Å². The highest BCUT2D eigenvalue weighted by Crippen LogP contribution is 2.30. The molecule has 0 bridgehead atoms. The molecule has 0 fully saturated rings. The second-order valence-electron chi connectivity index (χ2n) is 6.59. The molecule has 0 aliphatic rings. The Morgan fingerprint density at radius 3 is 2.40 bits per heavy atom. The van der Waals surface area contributed by atoms with Crippen LogP contribution >= 0.6 is 11.6 Å². The highest BCUT2D eigenvalue weighted by molar-refractivity contribution is 6.30. The summed E-state index contributed by atoms with van der Waals surface area (Å²) in [7, 11) is 0. The molecule has 0 amide bonds. The molecular formula is C21H26ClF3N4O. The molecule has 1 heterocycles. The van der Waals surface area contributed by atoms with E-state index in [9.17, 15) is 13.2 Å². The summed E-state index contributed by atoms with van der Waals surface area (Å²) in [6.45, 7) is 5.45. The van der Waals surface area contributed by atoms with E-state index in [-0.39, 0.29) is 11.9 Å². The first kappa shape index (κ1) is 23.8. The number of nitrogens with one attached hydrogen (secondary N) is 2. The Kier molecular flexibility index (Phi) is 8.80. The van der Waals surface area contributed by atoms with Crippen LogP contribution in [-0.2, 0) is 12.6 Å². The highest BCUT2D eigenvalue weighted by atomic mass is 35.5. The fourth-order valence-corrected chi connectivity index (χ4v) is 3.02. The Bertz CT molecular complexity index is 824. The number of alkyl halides is 3. The predicted octanol–water partition coefficient (Wildman–Crippen LogP) is 4.78. The van der Waals surface area contributed by atoms with Gasteiger partial charge in [-0.1, -0.05) is 37.6 Å². The molecule has 1 aromatic heterocycles. The largest absolute Gasteiger partial charge is 0.439 e. The molecular weight excluding hydrogens is 417 g/mol. The minimum absolute atomic E-state index is 0.0272. The third-order valence-corrected chi connectivity index (χ3v) is 4.83. The summed E-state index contributed by atoms with van der Waals surface area (Å²) in [5.41, 5.74) is 6.26. The van der Waals surface area contributed by atoms with Gasteiger partial charge in [0.15, 0.2) is 0 Å². The first-order valence-electron chi connectivity index (χ1n) is 9.67. The van der Waals surface area contributed by atoms with Crippen molar-refractivity contribution in [2.45, 2.75) is 38.9 Å². The minimum Gasteiger partial charge on any atom is -0.439 e. The Hall–Kier alpha value is -2.45. The van der Waals surface area contributed by atoms with Gasteiger partial charge in [0.1, 0.15) is 11.6 Å². The Labute approximate surface area is 179 Å². The molecule has 2 aromatic rings. The lowest BCUT2D eigenvalue weighted by molar-refractivity contribution is -0.137. The van der Waals surface area contributed by atoms with Crippen LogP contribution < -0.4 is 21.1 Å². The number of pyridine rings is 1. The van der Waals surface area contributed by atoms with E-state index in [1.54, 1.807) is 12.1 Å². The third-order valence-electron chi connectivity index (χ3n) is 4.36. The molecule has 30 heavy (non-hydrogen) atoms. The zero-order chi connectivity index (χ0) is 22.1. The van der Waals surface area contributed by atoms with Crippen molar-refractivity contribution in [2.75, 3.05) is 13.1 Å². The Balaban J connectivity index is 1.87. The number of hydrogen-bond donors (Lipinski definition) is 3. The molecule has 0 radical (unpaired) electrons.